The zero-order valence-electron chi connectivity index (χ0n) is 42.2. The number of halogens is 3. The third-order valence-electron chi connectivity index (χ3n) is 12.0. The van der Waals surface area contributed by atoms with Gasteiger partial charge in [0.05, 0.1) is 11.4 Å². The summed E-state index contributed by atoms with van der Waals surface area (Å²) in [5.74, 6) is -0.478. The van der Waals surface area contributed by atoms with Gasteiger partial charge in [0, 0.05) is 107 Å². The molecule has 4 heterocycles. The second kappa shape index (κ2) is 24.2. The van der Waals surface area contributed by atoms with Gasteiger partial charge in [-0.1, -0.05) is 35.3 Å². The molecule has 0 aromatic heterocycles. The first-order valence-electron chi connectivity index (χ1n) is 24.1. The first kappa shape index (κ1) is 55.4. The lowest BCUT2D eigenvalue weighted by Gasteiger charge is -2.45. The molecule has 4 saturated heterocycles. The van der Waals surface area contributed by atoms with Crippen molar-refractivity contribution >= 4 is 70.4 Å². The fraction of sp³-hybridized carbons (Fsp3) is 0.529. The number of rotatable bonds is 10. The highest BCUT2D eigenvalue weighted by atomic mass is 35.5. The molecule has 0 spiro atoms. The molecule has 392 valence electrons. The molecule has 3 aromatic carbocycles. The Morgan fingerprint density at radius 3 is 1.57 bits per heavy atom. The zero-order valence-corrected chi connectivity index (χ0v) is 43.7. The van der Waals surface area contributed by atoms with Crippen LogP contribution in [-0.2, 0) is 35.2 Å². The van der Waals surface area contributed by atoms with Crippen LogP contribution in [0.25, 0.3) is 0 Å². The molecule has 4 bridgehead atoms. The molecule has 6 amide bonds. The van der Waals surface area contributed by atoms with E-state index in [-0.39, 0.29) is 79.0 Å². The van der Waals surface area contributed by atoms with Gasteiger partial charge in [-0.2, -0.15) is 0 Å². The van der Waals surface area contributed by atoms with E-state index >= 15 is 0 Å². The highest BCUT2D eigenvalue weighted by molar-refractivity contribution is 6.31. The number of benzene rings is 3. The van der Waals surface area contributed by atoms with Crippen molar-refractivity contribution in [2.24, 2.45) is 0 Å². The standard InChI is InChI=1S/C29H36ClFN4O5.C22H31ClN4O5/c1-19(36)32-25-13-21(30)7-10-26(25)39-18-27(37)34-15-23-11-12-33(28(38)40-29(2,3)4)16-24(17-34)35(23)14-20-5-8-22(31)9-6-20;1-14(28)24-18-9-15(23)5-6-19(18)31-13-20(29)27-10-16-7-8-26(11-17(12-27)25-16)21(30)32-22(2,3)4/h5-10,13,23-24H,11-12,14-18H2,1-4H3,(H,32,36);5-6,9,16-17,25H,7-8,10-13H2,1-4H3,(H,24,28). The van der Waals surface area contributed by atoms with Gasteiger partial charge < -0.3 is 54.5 Å². The molecule has 3 N–H and O–H groups in total. The zero-order chi connectivity index (χ0) is 52.5. The van der Waals surface area contributed by atoms with Gasteiger partial charge in [0.15, 0.2) is 13.2 Å². The van der Waals surface area contributed by atoms with Crippen molar-refractivity contribution in [3.8, 4) is 11.5 Å². The Bertz CT molecular complexity index is 2440. The molecule has 0 radical (unpaired) electrons. The maximum atomic E-state index is 13.5. The first-order chi connectivity index (χ1) is 33.9. The van der Waals surface area contributed by atoms with Gasteiger partial charge in [0.1, 0.15) is 28.5 Å². The minimum absolute atomic E-state index is 0.0225. The Hall–Kier alpha value is -5.89. The van der Waals surface area contributed by atoms with E-state index in [0.717, 1.165) is 12.0 Å². The number of hydrogen-bond donors (Lipinski definition) is 3. The first-order valence-corrected chi connectivity index (χ1v) is 24.8. The molecule has 4 fully saturated rings. The Morgan fingerprint density at radius 2 is 1.06 bits per heavy atom. The van der Waals surface area contributed by atoms with Crippen LogP contribution in [0.5, 0.6) is 11.5 Å². The molecule has 0 aliphatic carbocycles. The van der Waals surface area contributed by atoms with E-state index in [0.29, 0.717) is 98.2 Å². The number of nitrogens with zero attached hydrogens (tertiary/aromatic N) is 5. The van der Waals surface area contributed by atoms with Gasteiger partial charge in [-0.3, -0.25) is 24.1 Å². The van der Waals surface area contributed by atoms with Gasteiger partial charge in [-0.05, 0) is 108 Å². The van der Waals surface area contributed by atoms with Gasteiger partial charge in [0.25, 0.3) is 11.8 Å². The molecular formula is C51H67Cl2FN8O10. The summed E-state index contributed by atoms with van der Waals surface area (Å²) in [4.78, 5) is 84.0. The molecule has 4 unspecified atom stereocenters. The molecule has 3 aromatic rings. The van der Waals surface area contributed by atoms with E-state index in [4.69, 9.17) is 42.1 Å². The highest BCUT2D eigenvalue weighted by Gasteiger charge is 2.42. The summed E-state index contributed by atoms with van der Waals surface area (Å²) in [6.07, 6.45) is 0.660. The third kappa shape index (κ3) is 16.6. The van der Waals surface area contributed by atoms with Crippen LogP contribution in [0.1, 0.15) is 73.8 Å². The van der Waals surface area contributed by atoms with Crippen LogP contribution in [0.2, 0.25) is 10.0 Å². The van der Waals surface area contributed by atoms with Crippen LogP contribution in [-0.4, -0.2) is 161 Å². The van der Waals surface area contributed by atoms with E-state index in [9.17, 15) is 33.2 Å². The van der Waals surface area contributed by atoms with Crippen LogP contribution in [0.4, 0.5) is 25.4 Å². The molecule has 4 aliphatic heterocycles. The van der Waals surface area contributed by atoms with Crippen molar-refractivity contribution in [2.45, 2.75) is 110 Å². The number of anilines is 2. The molecule has 4 atom stereocenters. The van der Waals surface area contributed by atoms with Gasteiger partial charge in [0.2, 0.25) is 11.8 Å². The Balaban J connectivity index is 0.000000241. The fourth-order valence-corrected chi connectivity index (χ4v) is 9.25. The predicted octanol–water partition coefficient (Wildman–Crippen LogP) is 7.03. The van der Waals surface area contributed by atoms with Crippen molar-refractivity contribution in [3.63, 3.8) is 0 Å². The van der Waals surface area contributed by atoms with Crippen LogP contribution in [0.15, 0.2) is 60.7 Å². The lowest BCUT2D eigenvalue weighted by molar-refractivity contribution is -0.138. The second-order valence-corrected chi connectivity index (χ2v) is 21.3. The predicted molar refractivity (Wildman–Crippen MR) is 271 cm³/mol. The summed E-state index contributed by atoms with van der Waals surface area (Å²) in [7, 11) is 0. The molecule has 0 saturated carbocycles. The average Bonchev–Trinajstić information content (AvgIpc) is 3.48. The minimum Gasteiger partial charge on any atom is -0.482 e. The topological polar surface area (TPSA) is 192 Å². The van der Waals surface area contributed by atoms with Crippen molar-refractivity contribution in [2.75, 3.05) is 76.2 Å². The van der Waals surface area contributed by atoms with Crippen LogP contribution in [0.3, 0.4) is 0 Å². The fourth-order valence-electron chi connectivity index (χ4n) is 8.90. The number of carbonyl (C=O) groups excluding carboxylic acids is 6. The smallest absolute Gasteiger partial charge is 0.410 e. The van der Waals surface area contributed by atoms with Crippen LogP contribution in [0, 0.1) is 5.82 Å². The molecule has 72 heavy (non-hydrogen) atoms. The van der Waals surface area contributed by atoms with Crippen LogP contribution >= 0.6 is 23.2 Å². The second-order valence-electron chi connectivity index (χ2n) is 20.4. The summed E-state index contributed by atoms with van der Waals surface area (Å²) in [6, 6.07) is 15.9. The van der Waals surface area contributed by atoms with E-state index in [1.165, 1.54) is 26.0 Å². The lowest BCUT2D eigenvalue weighted by atomic mass is 10.0. The largest absolute Gasteiger partial charge is 0.482 e. The Kier molecular flexibility index (Phi) is 18.6. The molecule has 4 aliphatic rings. The van der Waals surface area contributed by atoms with E-state index in [2.05, 4.69) is 20.9 Å². The van der Waals surface area contributed by atoms with Gasteiger partial charge in [-0.25, -0.2) is 14.0 Å². The SMILES string of the molecule is CC(=O)Nc1cc(Cl)ccc1OCC(=O)N1CC2CCN(C(=O)OC(C)(C)C)CC(C1)N2.CC(=O)Nc1cc(Cl)ccc1OCC(=O)N1CC2CCN(C(=O)OC(C)(C)C)CC(C1)N2Cc1ccc(F)cc1. The van der Waals surface area contributed by atoms with E-state index in [1.807, 2.05) is 41.5 Å². The Labute approximate surface area is 430 Å². The van der Waals surface area contributed by atoms with Crippen molar-refractivity contribution in [3.05, 3.63) is 82.1 Å². The molecular weight excluding hydrogens is 975 g/mol. The maximum Gasteiger partial charge on any atom is 0.410 e. The van der Waals surface area contributed by atoms with E-state index in [1.54, 1.807) is 68.1 Å². The number of ether oxygens (including phenoxy) is 4. The van der Waals surface area contributed by atoms with Gasteiger partial charge in [-0.15, -0.1) is 0 Å². The van der Waals surface area contributed by atoms with Crippen molar-refractivity contribution in [1.82, 2.24) is 29.8 Å². The van der Waals surface area contributed by atoms with Crippen LogP contribution < -0.4 is 25.4 Å². The average molecular weight is 1040 g/mol. The van der Waals surface area contributed by atoms with E-state index < -0.39 is 11.2 Å². The maximum absolute atomic E-state index is 13.5. The third-order valence-corrected chi connectivity index (χ3v) is 12.5. The number of piperazine rings is 2. The summed E-state index contributed by atoms with van der Waals surface area (Å²) < 4.78 is 36.2. The number of nitrogens with one attached hydrogen (secondary N) is 3. The van der Waals surface area contributed by atoms with Gasteiger partial charge >= 0.3 is 12.2 Å². The number of carbonyl (C=O) groups is 6. The molecule has 18 nitrogen and oxygen atoms in total. The molecule has 7 rings (SSSR count). The number of fused-ring (bicyclic) bond motifs is 4. The molecule has 21 heteroatoms. The number of hydrogen-bond acceptors (Lipinski definition) is 12. The quantitative estimate of drug-likeness (QED) is 0.188. The summed E-state index contributed by atoms with van der Waals surface area (Å²) in [5, 5.41) is 9.72. The summed E-state index contributed by atoms with van der Waals surface area (Å²) >= 11 is 12.1. The van der Waals surface area contributed by atoms with Crippen molar-refractivity contribution < 1.29 is 52.1 Å². The summed E-state index contributed by atoms with van der Waals surface area (Å²) in [5.41, 5.74) is 0.587. The normalized spacial score (nSPS) is 20.2. The minimum atomic E-state index is -0.622. The lowest BCUT2D eigenvalue weighted by Crippen LogP contribution is -2.61. The monoisotopic (exact) mass is 1040 g/mol. The summed E-state index contributed by atoms with van der Waals surface area (Å²) in [6.45, 7) is 17.8. The van der Waals surface area contributed by atoms with Crippen molar-refractivity contribution in [1.29, 1.82) is 0 Å². The highest BCUT2D eigenvalue weighted by Crippen LogP contribution is 2.31. The Morgan fingerprint density at radius 1 is 0.611 bits per heavy atom. The number of amides is 6.